The number of hydrogen-bond acceptors (Lipinski definition) is 4. The van der Waals surface area contributed by atoms with E-state index in [0.29, 0.717) is 0 Å². The summed E-state index contributed by atoms with van der Waals surface area (Å²) >= 11 is 5.66. The van der Waals surface area contributed by atoms with Crippen molar-refractivity contribution < 1.29 is 19.6 Å². The van der Waals surface area contributed by atoms with Crippen molar-refractivity contribution in [2.45, 2.75) is 19.4 Å². The summed E-state index contributed by atoms with van der Waals surface area (Å²) in [5, 5.41) is 22.1. The smallest absolute Gasteiger partial charge is 0.329 e. The maximum atomic E-state index is 12.0. The van der Waals surface area contributed by atoms with E-state index in [1.807, 2.05) is 0 Å². The summed E-state index contributed by atoms with van der Waals surface area (Å²) in [6, 6.07) is 3.05. The van der Waals surface area contributed by atoms with Gasteiger partial charge in [-0.05, 0) is 26.0 Å². The molecule has 0 unspecified atom stereocenters. The number of carboxylic acids is 1. The Balaban J connectivity index is 2.97. The number of anilines is 1. The highest BCUT2D eigenvalue weighted by Gasteiger charge is 2.35. The Hall–Kier alpha value is -2.35. The van der Waals surface area contributed by atoms with E-state index in [1.165, 1.54) is 33.0 Å². The summed E-state index contributed by atoms with van der Waals surface area (Å²) in [7, 11) is 1.31. The number of carbonyl (C=O) groups excluding carboxylic acids is 1. The lowest BCUT2D eigenvalue weighted by atomic mass is 10.1. The highest BCUT2D eigenvalue weighted by Crippen LogP contribution is 2.27. The Bertz CT molecular complexity index is 603. The predicted molar refractivity (Wildman–Crippen MR) is 76.6 cm³/mol. The molecular weight excluding hydrogens is 302 g/mol. The fourth-order valence-electron chi connectivity index (χ4n) is 1.33. The molecule has 1 aromatic carbocycles. The number of aliphatic carboxylic acids is 1. The second-order valence-electron chi connectivity index (χ2n) is 4.78. The van der Waals surface area contributed by atoms with Crippen LogP contribution in [0.4, 0.5) is 16.2 Å². The summed E-state index contributed by atoms with van der Waals surface area (Å²) in [5.74, 6) is -1.18. The summed E-state index contributed by atoms with van der Waals surface area (Å²) < 4.78 is 0. The lowest BCUT2D eigenvalue weighted by Gasteiger charge is -2.31. The molecule has 21 heavy (non-hydrogen) atoms. The van der Waals surface area contributed by atoms with Crippen LogP contribution in [-0.2, 0) is 4.79 Å². The maximum absolute atomic E-state index is 12.0. The molecule has 0 saturated carbocycles. The molecule has 0 aromatic heterocycles. The fraction of sp³-hybridized carbons (Fsp3) is 0.333. The summed E-state index contributed by atoms with van der Waals surface area (Å²) in [6.45, 7) is 2.72. The second-order valence-corrected chi connectivity index (χ2v) is 5.18. The SMILES string of the molecule is CN(C(=O)Nc1ccc(Cl)c([N+](=O)[O-])c1)C(C)(C)C(=O)O. The van der Waals surface area contributed by atoms with Crippen molar-refractivity contribution in [2.75, 3.05) is 12.4 Å². The van der Waals surface area contributed by atoms with E-state index in [0.717, 1.165) is 11.0 Å². The number of halogens is 1. The van der Waals surface area contributed by atoms with Gasteiger partial charge in [0.25, 0.3) is 5.69 Å². The van der Waals surface area contributed by atoms with Gasteiger partial charge in [0, 0.05) is 18.8 Å². The molecule has 2 amide bonds. The van der Waals surface area contributed by atoms with Gasteiger partial charge >= 0.3 is 12.0 Å². The molecule has 0 aliphatic carbocycles. The Labute approximate surface area is 125 Å². The van der Waals surface area contributed by atoms with Crippen molar-refractivity contribution >= 4 is 35.0 Å². The van der Waals surface area contributed by atoms with E-state index < -0.39 is 22.5 Å². The molecule has 0 atom stereocenters. The van der Waals surface area contributed by atoms with Gasteiger partial charge in [0.2, 0.25) is 0 Å². The maximum Gasteiger partial charge on any atom is 0.329 e. The number of nitro benzene ring substituents is 1. The number of hydrogen-bond donors (Lipinski definition) is 2. The molecule has 114 valence electrons. The number of nitrogens with one attached hydrogen (secondary N) is 1. The number of likely N-dealkylation sites (N-methyl/N-ethyl adjacent to an activating group) is 1. The summed E-state index contributed by atoms with van der Waals surface area (Å²) in [4.78, 5) is 34.1. The average Bonchev–Trinajstić information content (AvgIpc) is 2.39. The Morgan fingerprint density at radius 1 is 1.43 bits per heavy atom. The Kier molecular flexibility index (Phi) is 4.74. The van der Waals surface area contributed by atoms with Crippen molar-refractivity contribution in [1.82, 2.24) is 4.90 Å². The molecule has 0 heterocycles. The van der Waals surface area contributed by atoms with Crippen molar-refractivity contribution in [2.24, 2.45) is 0 Å². The Morgan fingerprint density at radius 3 is 2.48 bits per heavy atom. The van der Waals surface area contributed by atoms with Gasteiger partial charge in [-0.3, -0.25) is 10.1 Å². The van der Waals surface area contributed by atoms with Crippen LogP contribution in [0.3, 0.4) is 0 Å². The minimum Gasteiger partial charge on any atom is -0.480 e. The van der Waals surface area contributed by atoms with Gasteiger partial charge in [0.15, 0.2) is 0 Å². The van der Waals surface area contributed by atoms with Crippen molar-refractivity contribution in [3.8, 4) is 0 Å². The van der Waals surface area contributed by atoms with Gasteiger partial charge in [0.1, 0.15) is 10.6 Å². The number of nitro groups is 1. The van der Waals surface area contributed by atoms with E-state index in [2.05, 4.69) is 5.32 Å². The van der Waals surface area contributed by atoms with E-state index in [4.69, 9.17) is 16.7 Å². The number of urea groups is 1. The third-order valence-corrected chi connectivity index (χ3v) is 3.38. The van der Waals surface area contributed by atoms with Crippen molar-refractivity contribution in [3.63, 3.8) is 0 Å². The molecule has 2 N–H and O–H groups in total. The molecular formula is C12H14ClN3O5. The minimum atomic E-state index is -1.43. The molecule has 0 spiro atoms. The first-order valence-electron chi connectivity index (χ1n) is 5.79. The zero-order valence-corrected chi connectivity index (χ0v) is 12.3. The largest absolute Gasteiger partial charge is 0.480 e. The molecule has 0 saturated heterocycles. The van der Waals surface area contributed by atoms with Gasteiger partial charge < -0.3 is 15.3 Å². The molecule has 9 heteroatoms. The van der Waals surface area contributed by atoms with E-state index >= 15 is 0 Å². The molecule has 0 fully saturated rings. The molecule has 0 aliphatic heterocycles. The topological polar surface area (TPSA) is 113 Å². The second kappa shape index (κ2) is 5.96. The van der Waals surface area contributed by atoms with Crippen LogP contribution < -0.4 is 5.32 Å². The van der Waals surface area contributed by atoms with Gasteiger partial charge in [-0.2, -0.15) is 0 Å². The number of nitrogens with zero attached hydrogens (tertiary/aromatic N) is 2. The Morgan fingerprint density at radius 2 is 2.00 bits per heavy atom. The molecule has 1 rings (SSSR count). The minimum absolute atomic E-state index is 0.0581. The van der Waals surface area contributed by atoms with Gasteiger partial charge in [-0.15, -0.1) is 0 Å². The molecule has 8 nitrogen and oxygen atoms in total. The number of carbonyl (C=O) groups is 2. The van der Waals surface area contributed by atoms with Crippen LogP contribution in [0.5, 0.6) is 0 Å². The standard InChI is InChI=1S/C12H14ClN3O5/c1-12(2,10(17)18)15(3)11(19)14-7-4-5-8(13)9(6-7)16(20)21/h4-6H,1-3H3,(H,14,19)(H,17,18). The van der Waals surface area contributed by atoms with Crippen molar-refractivity contribution in [3.05, 3.63) is 33.3 Å². The molecule has 0 bridgehead atoms. The first-order chi connectivity index (χ1) is 9.57. The van der Waals surface area contributed by atoms with Crippen LogP contribution in [0.2, 0.25) is 5.02 Å². The van der Waals surface area contributed by atoms with Crippen LogP contribution in [0.1, 0.15) is 13.8 Å². The average molecular weight is 316 g/mol. The lowest BCUT2D eigenvalue weighted by molar-refractivity contribution is -0.384. The van der Waals surface area contributed by atoms with Crippen LogP contribution in [0.25, 0.3) is 0 Å². The highest BCUT2D eigenvalue weighted by molar-refractivity contribution is 6.32. The lowest BCUT2D eigenvalue weighted by Crippen LogP contribution is -2.52. The van der Waals surface area contributed by atoms with Crippen LogP contribution >= 0.6 is 11.6 Å². The van der Waals surface area contributed by atoms with Crippen LogP contribution in [0, 0.1) is 10.1 Å². The number of benzene rings is 1. The highest BCUT2D eigenvalue weighted by atomic mass is 35.5. The summed E-state index contributed by atoms with van der Waals surface area (Å²) in [6.07, 6.45) is 0. The number of rotatable bonds is 4. The predicted octanol–water partition coefficient (Wildman–Crippen LogP) is 2.58. The van der Waals surface area contributed by atoms with E-state index in [-0.39, 0.29) is 16.4 Å². The van der Waals surface area contributed by atoms with E-state index in [1.54, 1.807) is 0 Å². The zero-order chi connectivity index (χ0) is 16.4. The monoisotopic (exact) mass is 315 g/mol. The first-order valence-corrected chi connectivity index (χ1v) is 6.17. The van der Waals surface area contributed by atoms with Crippen molar-refractivity contribution in [1.29, 1.82) is 0 Å². The molecule has 1 aromatic rings. The molecule has 0 radical (unpaired) electrons. The van der Waals surface area contributed by atoms with Crippen LogP contribution in [0.15, 0.2) is 18.2 Å². The number of amides is 2. The fourth-order valence-corrected chi connectivity index (χ4v) is 1.52. The normalized spacial score (nSPS) is 10.9. The van der Waals surface area contributed by atoms with Gasteiger partial charge in [-0.1, -0.05) is 11.6 Å². The third-order valence-electron chi connectivity index (χ3n) is 3.06. The zero-order valence-electron chi connectivity index (χ0n) is 11.6. The van der Waals surface area contributed by atoms with E-state index in [9.17, 15) is 19.7 Å². The van der Waals surface area contributed by atoms with Crippen LogP contribution in [-0.4, -0.2) is 39.5 Å². The summed E-state index contributed by atoms with van der Waals surface area (Å²) in [5.41, 5.74) is -1.64. The quantitative estimate of drug-likeness (QED) is 0.655. The first kappa shape index (κ1) is 16.7. The van der Waals surface area contributed by atoms with Gasteiger partial charge in [-0.25, -0.2) is 9.59 Å². The van der Waals surface area contributed by atoms with Gasteiger partial charge in [0.05, 0.1) is 4.92 Å². The third kappa shape index (κ3) is 3.60. The molecule has 0 aliphatic rings. The number of carboxylic acid groups (broad SMARTS) is 1.